The van der Waals surface area contributed by atoms with Gasteiger partial charge in [0.25, 0.3) is 5.91 Å². The number of carbonyl (C=O) groups is 2. The lowest BCUT2D eigenvalue weighted by Crippen LogP contribution is -2.20. The number of carbonyl (C=O) groups excluding carboxylic acids is 2. The first-order valence-electron chi connectivity index (χ1n) is 10.2. The summed E-state index contributed by atoms with van der Waals surface area (Å²) in [6.45, 7) is 8.46. The highest BCUT2D eigenvalue weighted by Gasteiger charge is 2.11. The van der Waals surface area contributed by atoms with Crippen molar-refractivity contribution >= 4 is 17.6 Å². The molecule has 0 aliphatic heterocycles. The van der Waals surface area contributed by atoms with Crippen molar-refractivity contribution in [3.05, 3.63) is 58.7 Å². The van der Waals surface area contributed by atoms with Gasteiger partial charge in [-0.25, -0.2) is 4.79 Å². The van der Waals surface area contributed by atoms with Gasteiger partial charge in [0.1, 0.15) is 5.75 Å². The third kappa shape index (κ3) is 6.93. The molecule has 5 nitrogen and oxygen atoms in total. The molecule has 0 saturated heterocycles. The van der Waals surface area contributed by atoms with Crippen LogP contribution in [0.5, 0.6) is 5.75 Å². The second-order valence-corrected chi connectivity index (χ2v) is 7.26. The molecule has 0 saturated carbocycles. The zero-order chi connectivity index (χ0) is 21.2. The first-order valence-corrected chi connectivity index (χ1v) is 10.2. The Morgan fingerprint density at radius 3 is 2.28 bits per heavy atom. The maximum atomic E-state index is 12.2. The molecule has 29 heavy (non-hydrogen) atoms. The zero-order valence-electron chi connectivity index (χ0n) is 17.8. The summed E-state index contributed by atoms with van der Waals surface area (Å²) in [7, 11) is 0. The van der Waals surface area contributed by atoms with Gasteiger partial charge in [0.05, 0.1) is 12.2 Å². The molecule has 0 heterocycles. The van der Waals surface area contributed by atoms with Crippen LogP contribution in [-0.4, -0.2) is 25.1 Å². The third-order valence-corrected chi connectivity index (χ3v) is 4.86. The molecule has 0 atom stereocenters. The monoisotopic (exact) mass is 397 g/mol. The molecular formula is C24H31NO4. The van der Waals surface area contributed by atoms with Crippen LogP contribution in [0.1, 0.15) is 59.7 Å². The van der Waals surface area contributed by atoms with Crippen molar-refractivity contribution in [3.8, 4) is 5.75 Å². The number of unbranched alkanes of at least 4 members (excludes halogenated alkanes) is 3. The van der Waals surface area contributed by atoms with Crippen molar-refractivity contribution in [3.63, 3.8) is 0 Å². The molecule has 0 spiro atoms. The molecule has 0 aromatic heterocycles. The topological polar surface area (TPSA) is 64.6 Å². The van der Waals surface area contributed by atoms with E-state index < -0.39 is 0 Å². The Kier molecular flexibility index (Phi) is 8.71. The van der Waals surface area contributed by atoms with E-state index >= 15 is 0 Å². The van der Waals surface area contributed by atoms with E-state index in [0.717, 1.165) is 48.1 Å². The van der Waals surface area contributed by atoms with Gasteiger partial charge in [-0.2, -0.15) is 0 Å². The molecule has 0 radical (unpaired) electrons. The Morgan fingerprint density at radius 1 is 0.897 bits per heavy atom. The van der Waals surface area contributed by atoms with Crippen LogP contribution in [0.3, 0.4) is 0 Å². The number of hydrogen-bond donors (Lipinski definition) is 1. The summed E-state index contributed by atoms with van der Waals surface area (Å²) >= 11 is 0. The molecule has 1 amide bonds. The van der Waals surface area contributed by atoms with Gasteiger partial charge < -0.3 is 14.8 Å². The van der Waals surface area contributed by atoms with Crippen molar-refractivity contribution in [2.45, 2.75) is 53.4 Å². The normalized spacial score (nSPS) is 10.5. The lowest BCUT2D eigenvalue weighted by molar-refractivity contribution is -0.118. The summed E-state index contributed by atoms with van der Waals surface area (Å²) < 4.78 is 11.0. The molecule has 1 N–H and O–H groups in total. The largest absolute Gasteiger partial charge is 0.483 e. The van der Waals surface area contributed by atoms with Crippen molar-refractivity contribution < 1.29 is 19.1 Å². The number of esters is 1. The van der Waals surface area contributed by atoms with Crippen LogP contribution in [0.2, 0.25) is 0 Å². The molecular weight excluding hydrogens is 366 g/mol. The van der Waals surface area contributed by atoms with E-state index in [1.165, 1.54) is 0 Å². The minimum absolute atomic E-state index is 0.0767. The summed E-state index contributed by atoms with van der Waals surface area (Å²) in [6.07, 6.45) is 4.25. The van der Waals surface area contributed by atoms with E-state index in [1.54, 1.807) is 24.3 Å². The smallest absolute Gasteiger partial charge is 0.338 e. The fourth-order valence-corrected chi connectivity index (χ4v) is 2.95. The van der Waals surface area contributed by atoms with Crippen LogP contribution in [0.25, 0.3) is 0 Å². The van der Waals surface area contributed by atoms with Gasteiger partial charge in [-0.1, -0.05) is 38.3 Å². The van der Waals surface area contributed by atoms with Gasteiger partial charge in [-0.3, -0.25) is 4.79 Å². The summed E-state index contributed by atoms with van der Waals surface area (Å²) in [4.78, 5) is 24.2. The van der Waals surface area contributed by atoms with Gasteiger partial charge >= 0.3 is 5.97 Å². The molecule has 0 unspecified atom stereocenters. The fraction of sp³-hybridized carbons (Fsp3) is 0.417. The Balaban J connectivity index is 1.82. The molecule has 2 rings (SSSR count). The van der Waals surface area contributed by atoms with Gasteiger partial charge in [0.15, 0.2) is 6.61 Å². The number of anilines is 1. The predicted molar refractivity (Wildman–Crippen MR) is 116 cm³/mol. The second-order valence-electron chi connectivity index (χ2n) is 7.26. The molecule has 0 bridgehead atoms. The molecule has 0 aliphatic carbocycles. The first kappa shape index (κ1) is 22.5. The molecule has 0 fully saturated rings. The maximum absolute atomic E-state index is 12.2. The number of hydrogen-bond acceptors (Lipinski definition) is 4. The summed E-state index contributed by atoms with van der Waals surface area (Å²) in [5.74, 6) is 0.154. The Hall–Kier alpha value is -2.82. The highest BCUT2D eigenvalue weighted by molar-refractivity contribution is 5.93. The van der Waals surface area contributed by atoms with Crippen LogP contribution >= 0.6 is 0 Å². The van der Waals surface area contributed by atoms with E-state index in [2.05, 4.69) is 12.2 Å². The van der Waals surface area contributed by atoms with Crippen molar-refractivity contribution in [2.75, 3.05) is 18.5 Å². The number of aryl methyl sites for hydroxylation is 2. The van der Waals surface area contributed by atoms with Crippen LogP contribution in [-0.2, 0) is 9.53 Å². The highest BCUT2D eigenvalue weighted by atomic mass is 16.5. The quantitative estimate of drug-likeness (QED) is 0.433. The summed E-state index contributed by atoms with van der Waals surface area (Å²) in [5.41, 5.74) is 4.24. The lowest BCUT2D eigenvalue weighted by Gasteiger charge is -2.14. The van der Waals surface area contributed by atoms with Gasteiger partial charge in [0.2, 0.25) is 0 Å². The van der Waals surface area contributed by atoms with Crippen LogP contribution in [0.15, 0.2) is 36.4 Å². The average molecular weight is 398 g/mol. The van der Waals surface area contributed by atoms with Crippen LogP contribution in [0, 0.1) is 20.8 Å². The minimum atomic E-state index is -0.340. The average Bonchev–Trinajstić information content (AvgIpc) is 2.71. The first-order chi connectivity index (χ1) is 13.9. The van der Waals surface area contributed by atoms with Gasteiger partial charge in [0, 0.05) is 5.69 Å². The zero-order valence-corrected chi connectivity index (χ0v) is 17.8. The van der Waals surface area contributed by atoms with E-state index in [0.29, 0.717) is 17.9 Å². The number of amides is 1. The molecule has 2 aromatic rings. The lowest BCUT2D eigenvalue weighted by atomic mass is 10.1. The second kappa shape index (κ2) is 11.2. The van der Waals surface area contributed by atoms with E-state index in [9.17, 15) is 9.59 Å². The predicted octanol–water partition coefficient (Wildman–Crippen LogP) is 5.37. The van der Waals surface area contributed by atoms with Crippen LogP contribution in [0.4, 0.5) is 5.69 Å². The summed E-state index contributed by atoms with van der Waals surface area (Å²) in [6, 6.07) is 10.7. The highest BCUT2D eigenvalue weighted by Crippen LogP contribution is 2.25. The van der Waals surface area contributed by atoms with E-state index in [1.807, 2.05) is 32.9 Å². The van der Waals surface area contributed by atoms with E-state index in [-0.39, 0.29) is 18.5 Å². The fourth-order valence-electron chi connectivity index (χ4n) is 2.95. The van der Waals surface area contributed by atoms with E-state index in [4.69, 9.17) is 9.47 Å². The van der Waals surface area contributed by atoms with Gasteiger partial charge in [-0.15, -0.1) is 0 Å². The Labute approximate surface area is 173 Å². The van der Waals surface area contributed by atoms with Crippen molar-refractivity contribution in [1.29, 1.82) is 0 Å². The number of benzene rings is 2. The Morgan fingerprint density at radius 2 is 1.59 bits per heavy atom. The summed E-state index contributed by atoms with van der Waals surface area (Å²) in [5, 5.41) is 2.78. The van der Waals surface area contributed by atoms with Crippen LogP contribution < -0.4 is 10.1 Å². The minimum Gasteiger partial charge on any atom is -0.483 e. The number of ether oxygens (including phenoxy) is 2. The van der Waals surface area contributed by atoms with Crippen molar-refractivity contribution in [1.82, 2.24) is 0 Å². The van der Waals surface area contributed by atoms with Crippen molar-refractivity contribution in [2.24, 2.45) is 0 Å². The molecule has 156 valence electrons. The molecule has 5 heteroatoms. The third-order valence-electron chi connectivity index (χ3n) is 4.86. The molecule has 0 aliphatic rings. The van der Waals surface area contributed by atoms with Gasteiger partial charge in [-0.05, 0) is 68.1 Å². The SMILES string of the molecule is CCCCCCOC(=O)c1ccc(NC(=O)COc2c(C)ccc(C)c2C)cc1. The maximum Gasteiger partial charge on any atom is 0.338 e. The number of rotatable bonds is 10. The number of nitrogens with one attached hydrogen (secondary N) is 1. The molecule has 2 aromatic carbocycles. The Bertz CT molecular complexity index is 828. The standard InChI is InChI=1S/C24H31NO4/c1-5-6-7-8-15-28-24(27)20-11-13-21(14-12-20)25-22(26)16-29-23-18(3)10-9-17(2)19(23)4/h9-14H,5-8,15-16H2,1-4H3,(H,25,26).